The van der Waals surface area contributed by atoms with Gasteiger partial charge in [0.1, 0.15) is 5.75 Å². The molecule has 1 fully saturated rings. The molecule has 2 aromatic rings. The maximum Gasteiger partial charge on any atom is 0.228 e. The molecule has 0 spiro atoms. The number of β-amino-alcohol motifs (C(OH)–C–C–N with tert-alkyl or cyclic N) is 1. The van der Waals surface area contributed by atoms with Crippen molar-refractivity contribution in [3.8, 4) is 11.6 Å². The van der Waals surface area contributed by atoms with E-state index in [1.165, 1.54) is 4.90 Å². The van der Waals surface area contributed by atoms with Gasteiger partial charge in [-0.15, -0.1) is 0 Å². The van der Waals surface area contributed by atoms with Gasteiger partial charge in [0.05, 0.1) is 18.6 Å². The first-order chi connectivity index (χ1) is 12.5. The maximum absolute atomic E-state index is 12.0. The van der Waals surface area contributed by atoms with Crippen LogP contribution in [-0.2, 0) is 4.79 Å². The van der Waals surface area contributed by atoms with Crippen molar-refractivity contribution in [2.45, 2.75) is 24.9 Å². The zero-order chi connectivity index (χ0) is 18.6. The van der Waals surface area contributed by atoms with E-state index in [1.807, 2.05) is 35.2 Å². The normalized spacial score (nSPS) is 19.9. The van der Waals surface area contributed by atoms with Crippen molar-refractivity contribution in [1.29, 1.82) is 0 Å². The van der Waals surface area contributed by atoms with E-state index in [4.69, 9.17) is 4.74 Å². The number of anilines is 1. The second-order valence-corrected chi connectivity index (χ2v) is 6.82. The first-order valence-electron chi connectivity index (χ1n) is 8.69. The van der Waals surface area contributed by atoms with Crippen LogP contribution in [-0.4, -0.2) is 58.7 Å². The Bertz CT molecular complexity index is 753. The maximum atomic E-state index is 12.0. The van der Waals surface area contributed by atoms with Crippen molar-refractivity contribution in [2.24, 2.45) is 0 Å². The lowest BCUT2D eigenvalue weighted by Crippen LogP contribution is -2.51. The number of amides is 1. The number of nitrogens with zero attached hydrogens (tertiary/aromatic N) is 4. The number of benzene rings is 1. The summed E-state index contributed by atoms with van der Waals surface area (Å²) in [6.45, 7) is 1.05. The molecule has 1 aromatic carbocycles. The van der Waals surface area contributed by atoms with Crippen LogP contribution in [0.4, 0.5) is 5.95 Å². The van der Waals surface area contributed by atoms with E-state index < -0.39 is 5.60 Å². The molecule has 2 heterocycles. The summed E-state index contributed by atoms with van der Waals surface area (Å²) in [7, 11) is 3.39. The van der Waals surface area contributed by atoms with E-state index in [2.05, 4.69) is 9.97 Å². The van der Waals surface area contributed by atoms with Crippen LogP contribution in [0.25, 0.3) is 0 Å². The monoisotopic (exact) mass is 356 g/mol. The zero-order valence-electron chi connectivity index (χ0n) is 15.1. The molecule has 0 radical (unpaired) electrons. The summed E-state index contributed by atoms with van der Waals surface area (Å²) >= 11 is 0. The van der Waals surface area contributed by atoms with Crippen molar-refractivity contribution < 1.29 is 14.6 Å². The largest absolute Gasteiger partial charge is 0.439 e. The lowest BCUT2D eigenvalue weighted by molar-refractivity contribution is -0.134. The third kappa shape index (κ3) is 4.49. The summed E-state index contributed by atoms with van der Waals surface area (Å²) in [6.07, 6.45) is 3.09. The standard InChI is InChI=1S/C19H24N4O3/c1-22(2)17(24)13-19(25)10-6-12-23(14-19)18-20-11-9-16(21-18)26-15-7-4-3-5-8-15/h3-5,7-9,11,25H,6,10,12-14H2,1-2H3. The molecular formula is C19H24N4O3. The highest BCUT2D eigenvalue weighted by molar-refractivity contribution is 5.76. The van der Waals surface area contributed by atoms with E-state index >= 15 is 0 Å². The molecule has 0 saturated carbocycles. The van der Waals surface area contributed by atoms with Gasteiger partial charge in [-0.25, -0.2) is 4.98 Å². The van der Waals surface area contributed by atoms with Crippen LogP contribution in [0, 0.1) is 0 Å². The Morgan fingerprint density at radius 2 is 2.08 bits per heavy atom. The third-order valence-electron chi connectivity index (χ3n) is 4.40. The number of aromatic nitrogens is 2. The van der Waals surface area contributed by atoms with Gasteiger partial charge in [0.2, 0.25) is 17.7 Å². The summed E-state index contributed by atoms with van der Waals surface area (Å²) in [6, 6.07) is 11.1. The molecule has 1 unspecified atom stereocenters. The van der Waals surface area contributed by atoms with Gasteiger partial charge in [-0.1, -0.05) is 18.2 Å². The van der Waals surface area contributed by atoms with Gasteiger partial charge in [-0.2, -0.15) is 4.98 Å². The average Bonchev–Trinajstić information content (AvgIpc) is 2.62. The molecule has 3 rings (SSSR count). The Kier molecular flexibility index (Phi) is 5.37. The quantitative estimate of drug-likeness (QED) is 0.884. The Morgan fingerprint density at radius 1 is 1.31 bits per heavy atom. The lowest BCUT2D eigenvalue weighted by Gasteiger charge is -2.39. The van der Waals surface area contributed by atoms with Crippen LogP contribution in [0.3, 0.4) is 0 Å². The molecule has 7 nitrogen and oxygen atoms in total. The number of carbonyl (C=O) groups excluding carboxylic acids is 1. The van der Waals surface area contributed by atoms with Crippen molar-refractivity contribution in [1.82, 2.24) is 14.9 Å². The number of hydrogen-bond donors (Lipinski definition) is 1. The Morgan fingerprint density at radius 3 is 2.81 bits per heavy atom. The fourth-order valence-corrected chi connectivity index (χ4v) is 3.02. The van der Waals surface area contributed by atoms with E-state index in [1.54, 1.807) is 26.4 Å². The highest BCUT2D eigenvalue weighted by Gasteiger charge is 2.36. The number of piperidine rings is 1. The van der Waals surface area contributed by atoms with Crippen molar-refractivity contribution in [2.75, 3.05) is 32.1 Å². The van der Waals surface area contributed by atoms with Gasteiger partial charge in [0.25, 0.3) is 0 Å². The van der Waals surface area contributed by atoms with Gasteiger partial charge in [-0.05, 0) is 25.0 Å². The Balaban J connectivity index is 1.72. The van der Waals surface area contributed by atoms with Crippen LogP contribution in [0.1, 0.15) is 19.3 Å². The predicted octanol–water partition coefficient (Wildman–Crippen LogP) is 2.08. The van der Waals surface area contributed by atoms with Crippen molar-refractivity contribution in [3.63, 3.8) is 0 Å². The fourth-order valence-electron chi connectivity index (χ4n) is 3.02. The highest BCUT2D eigenvalue weighted by Crippen LogP contribution is 2.28. The second-order valence-electron chi connectivity index (χ2n) is 6.82. The molecule has 1 amide bonds. The summed E-state index contributed by atoms with van der Waals surface area (Å²) in [4.78, 5) is 24.2. The summed E-state index contributed by atoms with van der Waals surface area (Å²) < 4.78 is 5.76. The smallest absolute Gasteiger partial charge is 0.228 e. The lowest BCUT2D eigenvalue weighted by atomic mass is 9.89. The van der Waals surface area contributed by atoms with Gasteiger partial charge in [0, 0.05) is 32.9 Å². The minimum Gasteiger partial charge on any atom is -0.439 e. The molecule has 1 saturated heterocycles. The highest BCUT2D eigenvalue weighted by atomic mass is 16.5. The van der Waals surface area contributed by atoms with Gasteiger partial charge >= 0.3 is 0 Å². The molecule has 0 aliphatic carbocycles. The molecular weight excluding hydrogens is 332 g/mol. The molecule has 138 valence electrons. The number of carbonyl (C=O) groups is 1. The van der Waals surface area contributed by atoms with Crippen LogP contribution >= 0.6 is 0 Å². The molecule has 1 atom stereocenters. The number of aliphatic hydroxyl groups is 1. The van der Waals surface area contributed by atoms with Crippen LogP contribution < -0.4 is 9.64 Å². The third-order valence-corrected chi connectivity index (χ3v) is 4.40. The predicted molar refractivity (Wildman–Crippen MR) is 98.3 cm³/mol. The zero-order valence-corrected chi connectivity index (χ0v) is 15.1. The minimum atomic E-state index is -1.07. The number of rotatable bonds is 5. The molecule has 26 heavy (non-hydrogen) atoms. The molecule has 1 aliphatic heterocycles. The van der Waals surface area contributed by atoms with Crippen LogP contribution in [0.15, 0.2) is 42.6 Å². The number of hydrogen-bond acceptors (Lipinski definition) is 6. The molecule has 1 aromatic heterocycles. The van der Waals surface area contributed by atoms with E-state index in [-0.39, 0.29) is 12.3 Å². The summed E-state index contributed by atoms with van der Waals surface area (Å²) in [5.41, 5.74) is -1.07. The van der Waals surface area contributed by atoms with E-state index in [0.29, 0.717) is 30.5 Å². The van der Waals surface area contributed by atoms with Crippen LogP contribution in [0.2, 0.25) is 0 Å². The first kappa shape index (κ1) is 18.1. The number of ether oxygens (including phenoxy) is 1. The average molecular weight is 356 g/mol. The van der Waals surface area contributed by atoms with E-state index in [0.717, 1.165) is 13.0 Å². The van der Waals surface area contributed by atoms with Gasteiger partial charge < -0.3 is 19.6 Å². The minimum absolute atomic E-state index is 0.0866. The fraction of sp³-hybridized carbons (Fsp3) is 0.421. The first-order valence-corrected chi connectivity index (χ1v) is 8.69. The SMILES string of the molecule is CN(C)C(=O)CC1(O)CCCN(c2nccc(Oc3ccccc3)n2)C1. The van der Waals surface area contributed by atoms with Crippen molar-refractivity contribution in [3.05, 3.63) is 42.6 Å². The second kappa shape index (κ2) is 7.70. The van der Waals surface area contributed by atoms with Gasteiger partial charge in [0.15, 0.2) is 0 Å². The molecule has 0 bridgehead atoms. The summed E-state index contributed by atoms with van der Waals surface area (Å²) in [5.74, 6) is 1.55. The number of para-hydroxylation sites is 1. The molecule has 1 N–H and O–H groups in total. The van der Waals surface area contributed by atoms with Crippen LogP contribution in [0.5, 0.6) is 11.6 Å². The Hall–Kier alpha value is -2.67. The topological polar surface area (TPSA) is 78.8 Å². The molecule has 1 aliphatic rings. The Labute approximate surface area is 153 Å². The van der Waals surface area contributed by atoms with Gasteiger partial charge in [-0.3, -0.25) is 4.79 Å². The van der Waals surface area contributed by atoms with E-state index in [9.17, 15) is 9.90 Å². The molecule has 7 heteroatoms. The summed E-state index contributed by atoms with van der Waals surface area (Å²) in [5, 5.41) is 10.9. The van der Waals surface area contributed by atoms with Crippen molar-refractivity contribution >= 4 is 11.9 Å².